The van der Waals surface area contributed by atoms with Crippen LogP contribution in [-0.4, -0.2) is 8.07 Å². The molecule has 2 rings (SSSR count). The fraction of sp³-hybridized carbons (Fsp3) is 0.467. The van der Waals surface area contributed by atoms with Crippen molar-refractivity contribution >= 4 is 34.0 Å². The maximum Gasteiger partial charge on any atom is 0.0991 e. The maximum atomic E-state index is 2.39. The molecule has 0 bridgehead atoms. The van der Waals surface area contributed by atoms with Crippen molar-refractivity contribution in [2.75, 3.05) is 0 Å². The molecule has 0 aliphatic heterocycles. The van der Waals surface area contributed by atoms with Gasteiger partial charge in [-0.3, -0.25) is 0 Å². The maximum absolute atomic E-state index is 2.39. The van der Waals surface area contributed by atoms with Crippen molar-refractivity contribution in [2.45, 2.75) is 45.8 Å². The fourth-order valence-corrected chi connectivity index (χ4v) is 9.76. The number of aryl methyl sites for hydroxylation is 1. The Morgan fingerprint density at radius 1 is 1.00 bits per heavy atom. The molecule has 0 nitrogen and oxygen atoms in total. The first kappa shape index (κ1) is 12.8. The molecule has 0 saturated heterocycles. The van der Waals surface area contributed by atoms with Crippen LogP contribution in [0.3, 0.4) is 0 Å². The number of hydrogen-bond acceptors (Lipinski definition) is 1. The summed E-state index contributed by atoms with van der Waals surface area (Å²) in [5.74, 6) is 0. The molecule has 0 fully saturated rings. The van der Waals surface area contributed by atoms with E-state index in [4.69, 9.17) is 0 Å². The highest BCUT2D eigenvalue weighted by Crippen LogP contribution is 2.31. The van der Waals surface area contributed by atoms with E-state index in [0.717, 1.165) is 0 Å². The summed E-state index contributed by atoms with van der Waals surface area (Å²) >= 11 is 2.07. The molecule has 0 N–H and O–H groups in total. The van der Waals surface area contributed by atoms with E-state index in [1.807, 2.05) is 0 Å². The zero-order valence-corrected chi connectivity index (χ0v) is 13.2. The van der Waals surface area contributed by atoms with E-state index in [0.29, 0.717) is 0 Å². The van der Waals surface area contributed by atoms with E-state index in [1.54, 1.807) is 10.1 Å². The third-order valence-electron chi connectivity index (χ3n) is 4.36. The van der Waals surface area contributed by atoms with Crippen molar-refractivity contribution in [1.29, 1.82) is 0 Å². The van der Waals surface area contributed by atoms with Crippen LogP contribution in [0.4, 0.5) is 0 Å². The molecule has 17 heavy (non-hydrogen) atoms. The minimum absolute atomic E-state index is 1.20. The van der Waals surface area contributed by atoms with Gasteiger partial charge in [-0.2, -0.15) is 0 Å². The highest BCUT2D eigenvalue weighted by molar-refractivity contribution is 7.32. The van der Waals surface area contributed by atoms with E-state index in [9.17, 15) is 0 Å². The summed E-state index contributed by atoms with van der Waals surface area (Å²) in [5, 5.41) is 1.49. The molecule has 0 spiro atoms. The average molecular weight is 262 g/mol. The van der Waals surface area contributed by atoms with Crippen LogP contribution in [-0.2, 0) is 0 Å². The first-order valence-corrected chi connectivity index (χ1v) is 10.1. The highest BCUT2D eigenvalue weighted by atomic mass is 32.1. The van der Waals surface area contributed by atoms with Crippen LogP contribution in [0.2, 0.25) is 18.1 Å². The topological polar surface area (TPSA) is 0 Å². The van der Waals surface area contributed by atoms with Gasteiger partial charge in [-0.15, -0.1) is 11.3 Å². The Morgan fingerprint density at radius 3 is 2.12 bits per heavy atom. The van der Waals surface area contributed by atoms with Gasteiger partial charge >= 0.3 is 0 Å². The molecule has 2 heteroatoms. The quantitative estimate of drug-likeness (QED) is 0.686. The summed E-state index contributed by atoms with van der Waals surface area (Å²) in [4.78, 5) is 0. The first-order valence-electron chi connectivity index (χ1n) is 6.67. The second-order valence-corrected chi connectivity index (χ2v) is 11.5. The van der Waals surface area contributed by atoms with Gasteiger partial charge in [-0.05, 0) is 28.4 Å². The number of rotatable bonds is 4. The first-order chi connectivity index (χ1) is 8.18. The SMILES string of the molecule is CC[Si](CC)(CC)c1sc2ccccc2c1C. The molecule has 0 saturated carbocycles. The second kappa shape index (κ2) is 4.95. The molecule has 0 aliphatic carbocycles. The Bertz CT molecular complexity index is 500. The van der Waals surface area contributed by atoms with Crippen molar-refractivity contribution in [3.63, 3.8) is 0 Å². The summed E-state index contributed by atoms with van der Waals surface area (Å²) in [6.07, 6.45) is 0. The lowest BCUT2D eigenvalue weighted by Gasteiger charge is -2.27. The van der Waals surface area contributed by atoms with Crippen molar-refractivity contribution in [2.24, 2.45) is 0 Å². The molecule has 2 aromatic rings. The van der Waals surface area contributed by atoms with Gasteiger partial charge in [-0.25, -0.2) is 0 Å². The molecule has 1 heterocycles. The van der Waals surface area contributed by atoms with Crippen LogP contribution >= 0.6 is 11.3 Å². The average Bonchev–Trinajstić information content (AvgIpc) is 2.72. The Kier molecular flexibility index (Phi) is 3.74. The number of benzene rings is 1. The van der Waals surface area contributed by atoms with Gasteiger partial charge in [0.2, 0.25) is 0 Å². The van der Waals surface area contributed by atoms with Gasteiger partial charge in [0, 0.05) is 4.70 Å². The normalized spacial score (nSPS) is 12.2. The van der Waals surface area contributed by atoms with Gasteiger partial charge < -0.3 is 0 Å². The molecular weight excluding hydrogens is 240 g/mol. The Labute approximate surface area is 110 Å². The minimum Gasteiger partial charge on any atom is -0.145 e. The molecule has 0 aliphatic rings. The third kappa shape index (κ3) is 1.98. The van der Waals surface area contributed by atoms with Crippen molar-refractivity contribution in [3.05, 3.63) is 29.8 Å². The molecular formula is C15H22SSi. The zero-order chi connectivity index (χ0) is 12.5. The predicted octanol–water partition coefficient (Wildman–Crippen LogP) is 4.93. The summed E-state index contributed by atoms with van der Waals surface area (Å²) in [7, 11) is -1.20. The summed E-state index contributed by atoms with van der Waals surface area (Å²) in [6.45, 7) is 9.51. The summed E-state index contributed by atoms with van der Waals surface area (Å²) in [5.41, 5.74) is 1.57. The monoisotopic (exact) mass is 262 g/mol. The lowest BCUT2D eigenvalue weighted by atomic mass is 10.2. The third-order valence-corrected chi connectivity index (χ3v) is 12.4. The van der Waals surface area contributed by atoms with Crippen molar-refractivity contribution < 1.29 is 0 Å². The Hall–Kier alpha value is -0.603. The molecule has 0 unspecified atom stereocenters. The molecule has 0 atom stereocenters. The van der Waals surface area contributed by atoms with E-state index in [-0.39, 0.29) is 0 Å². The van der Waals surface area contributed by atoms with E-state index >= 15 is 0 Å². The molecule has 0 amide bonds. The predicted molar refractivity (Wildman–Crippen MR) is 83.4 cm³/mol. The van der Waals surface area contributed by atoms with Crippen LogP contribution in [0.5, 0.6) is 0 Å². The number of thiophene rings is 1. The number of hydrogen-bond donors (Lipinski definition) is 0. The standard InChI is InChI=1S/C15H22SSi/c1-5-17(6-2,7-3)15-12(4)13-10-8-9-11-14(13)16-15/h8-11H,5-7H2,1-4H3. The Balaban J connectivity index is 2.65. The van der Waals surface area contributed by atoms with Gasteiger partial charge in [0.15, 0.2) is 0 Å². The van der Waals surface area contributed by atoms with Crippen LogP contribution in [0.25, 0.3) is 10.1 Å². The molecule has 1 aromatic carbocycles. The molecule has 1 aromatic heterocycles. The van der Waals surface area contributed by atoms with Crippen LogP contribution in [0.15, 0.2) is 24.3 Å². The van der Waals surface area contributed by atoms with Gasteiger partial charge in [0.05, 0.1) is 8.07 Å². The zero-order valence-electron chi connectivity index (χ0n) is 11.3. The van der Waals surface area contributed by atoms with Gasteiger partial charge in [0.25, 0.3) is 0 Å². The van der Waals surface area contributed by atoms with Gasteiger partial charge in [0.1, 0.15) is 0 Å². The smallest absolute Gasteiger partial charge is 0.0991 e. The summed E-state index contributed by atoms with van der Waals surface area (Å²) < 4.78 is 3.23. The van der Waals surface area contributed by atoms with Gasteiger partial charge in [-0.1, -0.05) is 57.1 Å². The highest BCUT2D eigenvalue weighted by Gasteiger charge is 2.32. The van der Waals surface area contributed by atoms with Crippen molar-refractivity contribution in [3.8, 4) is 0 Å². The van der Waals surface area contributed by atoms with E-state index < -0.39 is 8.07 Å². The summed E-state index contributed by atoms with van der Waals surface area (Å²) in [6, 6.07) is 13.0. The lowest BCUT2D eigenvalue weighted by molar-refractivity contribution is 1.20. The van der Waals surface area contributed by atoms with Crippen molar-refractivity contribution in [1.82, 2.24) is 0 Å². The van der Waals surface area contributed by atoms with Crippen LogP contribution < -0.4 is 4.50 Å². The second-order valence-electron chi connectivity index (χ2n) is 4.89. The minimum atomic E-state index is -1.20. The number of fused-ring (bicyclic) bond motifs is 1. The van der Waals surface area contributed by atoms with E-state index in [1.165, 1.54) is 28.2 Å². The largest absolute Gasteiger partial charge is 0.145 e. The fourth-order valence-electron chi connectivity index (χ4n) is 2.91. The molecule has 0 radical (unpaired) electrons. The Morgan fingerprint density at radius 2 is 1.59 bits per heavy atom. The van der Waals surface area contributed by atoms with E-state index in [2.05, 4.69) is 63.3 Å². The van der Waals surface area contributed by atoms with Crippen LogP contribution in [0.1, 0.15) is 26.3 Å². The lowest BCUT2D eigenvalue weighted by Crippen LogP contribution is -2.45. The molecule has 92 valence electrons. The van der Waals surface area contributed by atoms with Crippen LogP contribution in [0, 0.1) is 6.92 Å².